The number of carbonyl (C=O) groups excluding carboxylic acids is 3. The highest BCUT2D eigenvalue weighted by Crippen LogP contribution is 2.13. The van der Waals surface area contributed by atoms with E-state index in [1.165, 1.54) is 18.9 Å². The van der Waals surface area contributed by atoms with Crippen LogP contribution in [0.15, 0.2) is 24.3 Å². The lowest BCUT2D eigenvalue weighted by molar-refractivity contribution is -0.140. The van der Waals surface area contributed by atoms with Crippen molar-refractivity contribution in [1.82, 2.24) is 10.2 Å². The molecule has 0 heterocycles. The Labute approximate surface area is 134 Å². The predicted octanol–water partition coefficient (Wildman–Crippen LogP) is 1.48. The fraction of sp³-hybridized carbons (Fsp3) is 0.400. The minimum atomic E-state index is -0.400. The molecule has 0 saturated carbocycles. The van der Waals surface area contributed by atoms with Crippen molar-refractivity contribution in [3.63, 3.8) is 0 Å². The molecule has 0 aliphatic rings. The van der Waals surface area contributed by atoms with Crippen LogP contribution in [0.2, 0.25) is 5.02 Å². The number of halogens is 1. The van der Waals surface area contributed by atoms with Crippen LogP contribution in [0.3, 0.4) is 0 Å². The Balaban J connectivity index is 2.75. The summed E-state index contributed by atoms with van der Waals surface area (Å²) in [6.07, 6.45) is 0.0862. The molecular formula is C15H19ClN2O4. The van der Waals surface area contributed by atoms with Crippen molar-refractivity contribution in [2.75, 3.05) is 26.7 Å². The number of rotatable bonds is 7. The highest BCUT2D eigenvalue weighted by atomic mass is 35.5. The van der Waals surface area contributed by atoms with Gasteiger partial charge in [0.2, 0.25) is 5.91 Å². The topological polar surface area (TPSA) is 75.7 Å². The molecule has 1 N–H and O–H groups in total. The summed E-state index contributed by atoms with van der Waals surface area (Å²) in [5.74, 6) is -0.830. The van der Waals surface area contributed by atoms with Crippen molar-refractivity contribution in [3.05, 3.63) is 34.9 Å². The van der Waals surface area contributed by atoms with Crippen LogP contribution < -0.4 is 5.32 Å². The molecule has 0 fully saturated rings. The Hall–Kier alpha value is -2.08. The Kier molecular flexibility index (Phi) is 7.39. The molecule has 22 heavy (non-hydrogen) atoms. The monoisotopic (exact) mass is 326 g/mol. The summed E-state index contributed by atoms with van der Waals surface area (Å²) in [4.78, 5) is 36.1. The van der Waals surface area contributed by atoms with Gasteiger partial charge in [-0.15, -0.1) is 0 Å². The van der Waals surface area contributed by atoms with E-state index >= 15 is 0 Å². The average molecular weight is 327 g/mol. The van der Waals surface area contributed by atoms with Gasteiger partial charge in [0.25, 0.3) is 5.91 Å². The smallest absolute Gasteiger partial charge is 0.307 e. The highest BCUT2D eigenvalue weighted by molar-refractivity contribution is 6.30. The molecule has 2 amide bonds. The van der Waals surface area contributed by atoms with Crippen molar-refractivity contribution in [2.45, 2.75) is 13.3 Å². The van der Waals surface area contributed by atoms with Gasteiger partial charge < -0.3 is 15.0 Å². The third kappa shape index (κ3) is 6.13. The van der Waals surface area contributed by atoms with Crippen LogP contribution in [-0.2, 0) is 14.3 Å². The van der Waals surface area contributed by atoms with Crippen LogP contribution in [0.1, 0.15) is 23.7 Å². The first-order valence-corrected chi connectivity index (χ1v) is 7.18. The molecule has 0 aliphatic carbocycles. The molecule has 0 radical (unpaired) electrons. The van der Waals surface area contributed by atoms with Gasteiger partial charge in [0, 0.05) is 37.1 Å². The van der Waals surface area contributed by atoms with Gasteiger partial charge in [-0.2, -0.15) is 0 Å². The van der Waals surface area contributed by atoms with Crippen molar-refractivity contribution in [2.24, 2.45) is 0 Å². The Morgan fingerprint density at radius 2 is 2.00 bits per heavy atom. The lowest BCUT2D eigenvalue weighted by Gasteiger charge is -2.22. The molecule has 120 valence electrons. The molecule has 6 nitrogen and oxygen atoms in total. The minimum absolute atomic E-state index is 0.0862. The lowest BCUT2D eigenvalue weighted by atomic mass is 10.2. The van der Waals surface area contributed by atoms with E-state index in [1.807, 2.05) is 0 Å². The number of carbonyl (C=O) groups is 3. The molecule has 0 aromatic heterocycles. The van der Waals surface area contributed by atoms with E-state index in [1.54, 1.807) is 24.3 Å². The summed E-state index contributed by atoms with van der Waals surface area (Å²) in [6, 6.07) is 6.57. The molecule has 1 aromatic rings. The van der Waals surface area contributed by atoms with Crippen LogP contribution in [0.4, 0.5) is 0 Å². The van der Waals surface area contributed by atoms with Crippen LogP contribution in [0.5, 0.6) is 0 Å². The van der Waals surface area contributed by atoms with E-state index in [4.69, 9.17) is 11.6 Å². The second-order valence-corrected chi connectivity index (χ2v) is 5.05. The van der Waals surface area contributed by atoms with E-state index < -0.39 is 5.97 Å². The van der Waals surface area contributed by atoms with Gasteiger partial charge in [0.05, 0.1) is 13.5 Å². The first-order chi connectivity index (χ1) is 10.4. The third-order valence-corrected chi connectivity index (χ3v) is 3.16. The fourth-order valence-corrected chi connectivity index (χ4v) is 2.00. The van der Waals surface area contributed by atoms with Gasteiger partial charge in [-0.05, 0) is 18.2 Å². The van der Waals surface area contributed by atoms with Gasteiger partial charge in [-0.1, -0.05) is 17.7 Å². The Bertz CT molecular complexity index is 548. The zero-order chi connectivity index (χ0) is 16.5. The maximum atomic E-state index is 12.5. The number of nitrogens with one attached hydrogen (secondary N) is 1. The largest absolute Gasteiger partial charge is 0.469 e. The number of nitrogens with zero attached hydrogens (tertiary/aromatic N) is 1. The second kappa shape index (κ2) is 9.04. The third-order valence-electron chi connectivity index (χ3n) is 2.93. The summed E-state index contributed by atoms with van der Waals surface area (Å²) in [5.41, 5.74) is 0.431. The first kappa shape index (κ1) is 18.0. The number of esters is 1. The molecule has 0 saturated heterocycles. The summed E-state index contributed by atoms with van der Waals surface area (Å²) < 4.78 is 4.58. The highest BCUT2D eigenvalue weighted by Gasteiger charge is 2.17. The van der Waals surface area contributed by atoms with Crippen molar-refractivity contribution >= 4 is 29.4 Å². The van der Waals surface area contributed by atoms with Gasteiger partial charge in [0.1, 0.15) is 0 Å². The maximum Gasteiger partial charge on any atom is 0.307 e. The molecule has 7 heteroatoms. The molecule has 0 atom stereocenters. The van der Waals surface area contributed by atoms with Gasteiger partial charge >= 0.3 is 5.97 Å². The number of methoxy groups -OCH3 is 1. The van der Waals surface area contributed by atoms with Crippen LogP contribution in [0.25, 0.3) is 0 Å². The number of hydrogen-bond acceptors (Lipinski definition) is 4. The summed E-state index contributed by atoms with van der Waals surface area (Å²) in [5, 5.41) is 3.08. The number of benzene rings is 1. The van der Waals surface area contributed by atoms with Crippen molar-refractivity contribution in [3.8, 4) is 0 Å². The van der Waals surface area contributed by atoms with E-state index in [2.05, 4.69) is 10.1 Å². The number of ether oxygens (including phenoxy) is 1. The van der Waals surface area contributed by atoms with Crippen LogP contribution in [-0.4, -0.2) is 49.4 Å². The second-order valence-electron chi connectivity index (χ2n) is 4.61. The van der Waals surface area contributed by atoms with E-state index in [-0.39, 0.29) is 24.8 Å². The SMILES string of the molecule is COC(=O)CCN(CCNC(C)=O)C(=O)c1cccc(Cl)c1. The van der Waals surface area contributed by atoms with E-state index in [0.717, 1.165) is 0 Å². The fourth-order valence-electron chi connectivity index (χ4n) is 1.81. The molecule has 1 aromatic carbocycles. The molecule has 0 spiro atoms. The van der Waals surface area contributed by atoms with Gasteiger partial charge in [0.15, 0.2) is 0 Å². The molecule has 0 bridgehead atoms. The van der Waals surface area contributed by atoms with Gasteiger partial charge in [-0.3, -0.25) is 14.4 Å². The Morgan fingerprint density at radius 1 is 1.27 bits per heavy atom. The van der Waals surface area contributed by atoms with Crippen LogP contribution >= 0.6 is 11.6 Å². The van der Waals surface area contributed by atoms with Crippen molar-refractivity contribution < 1.29 is 19.1 Å². The molecular weight excluding hydrogens is 308 g/mol. The molecule has 0 unspecified atom stereocenters. The standard InChI is InChI=1S/C15H19ClN2O4/c1-11(19)17-7-9-18(8-6-14(20)22-2)15(21)12-4-3-5-13(16)10-12/h3-5,10H,6-9H2,1-2H3,(H,17,19). The molecule has 1 rings (SSSR count). The van der Waals surface area contributed by atoms with Gasteiger partial charge in [-0.25, -0.2) is 0 Å². The van der Waals surface area contributed by atoms with E-state index in [9.17, 15) is 14.4 Å². The first-order valence-electron chi connectivity index (χ1n) is 6.80. The molecule has 0 aliphatic heterocycles. The average Bonchev–Trinajstić information content (AvgIpc) is 2.49. The quantitative estimate of drug-likeness (QED) is 0.770. The normalized spacial score (nSPS) is 9.95. The van der Waals surface area contributed by atoms with Crippen molar-refractivity contribution in [1.29, 1.82) is 0 Å². The number of amides is 2. The maximum absolute atomic E-state index is 12.5. The predicted molar refractivity (Wildman–Crippen MR) is 82.7 cm³/mol. The summed E-state index contributed by atoms with van der Waals surface area (Å²) >= 11 is 5.89. The van der Waals surface area contributed by atoms with E-state index in [0.29, 0.717) is 23.7 Å². The zero-order valence-electron chi connectivity index (χ0n) is 12.6. The summed E-state index contributed by atoms with van der Waals surface area (Å²) in [6.45, 7) is 2.21. The minimum Gasteiger partial charge on any atom is -0.469 e. The lowest BCUT2D eigenvalue weighted by Crippen LogP contribution is -2.39. The van der Waals surface area contributed by atoms with Crippen LogP contribution in [0, 0.1) is 0 Å². The Morgan fingerprint density at radius 3 is 2.59 bits per heavy atom. The summed E-state index contributed by atoms with van der Waals surface area (Å²) in [7, 11) is 1.29. The number of hydrogen-bond donors (Lipinski definition) is 1. The zero-order valence-corrected chi connectivity index (χ0v) is 13.4.